The van der Waals surface area contributed by atoms with Crippen LogP contribution in [0.2, 0.25) is 0 Å². The molecule has 0 aromatic heterocycles. The lowest BCUT2D eigenvalue weighted by molar-refractivity contribution is -0.144. The van der Waals surface area contributed by atoms with E-state index in [1.54, 1.807) is 0 Å². The summed E-state index contributed by atoms with van der Waals surface area (Å²) < 4.78 is 5.58. The van der Waals surface area contributed by atoms with Crippen LogP contribution in [0, 0.1) is 11.3 Å². The lowest BCUT2D eigenvalue weighted by atomic mass is 9.75. The van der Waals surface area contributed by atoms with E-state index in [2.05, 4.69) is 20.8 Å². The maximum absolute atomic E-state index is 12.0. The Bertz CT molecular complexity index is 199. The number of ether oxygens (including phenoxy) is 1. The van der Waals surface area contributed by atoms with Crippen molar-refractivity contribution < 1.29 is 9.53 Å². The van der Waals surface area contributed by atoms with Crippen molar-refractivity contribution in [1.82, 2.24) is 0 Å². The Morgan fingerprint density at radius 1 is 1.43 bits per heavy atom. The van der Waals surface area contributed by atoms with Crippen molar-refractivity contribution in [2.75, 3.05) is 6.61 Å². The highest BCUT2D eigenvalue weighted by atomic mass is 16.5. The van der Waals surface area contributed by atoms with Gasteiger partial charge in [-0.2, -0.15) is 0 Å². The van der Waals surface area contributed by atoms with Gasteiger partial charge in [-0.3, -0.25) is 4.79 Å². The molecule has 0 bridgehead atoms. The normalized spacial score (nSPS) is 20.3. The second-order valence-electron chi connectivity index (χ2n) is 5.23. The summed E-state index contributed by atoms with van der Waals surface area (Å²) in [4.78, 5) is 12.0. The highest BCUT2D eigenvalue weighted by molar-refractivity contribution is 5.86. The van der Waals surface area contributed by atoms with Gasteiger partial charge in [-0.05, 0) is 25.2 Å². The van der Waals surface area contributed by atoms with Crippen LogP contribution in [0.15, 0.2) is 0 Å². The van der Waals surface area contributed by atoms with Crippen molar-refractivity contribution in [3.63, 3.8) is 0 Å². The summed E-state index contributed by atoms with van der Waals surface area (Å²) in [5, 5.41) is 0. The minimum Gasteiger partial charge on any atom is -0.370 e. The molecular formula is C12H22O2. The second kappa shape index (κ2) is 4.43. The van der Waals surface area contributed by atoms with Crippen LogP contribution in [0.5, 0.6) is 0 Å². The third kappa shape index (κ3) is 2.57. The summed E-state index contributed by atoms with van der Waals surface area (Å²) in [6.07, 6.45) is 3.13. The van der Waals surface area contributed by atoms with Crippen LogP contribution in [0.25, 0.3) is 0 Å². The van der Waals surface area contributed by atoms with Gasteiger partial charge in [-0.1, -0.05) is 27.2 Å². The number of hydrogen-bond acceptors (Lipinski definition) is 2. The lowest BCUT2D eigenvalue weighted by Crippen LogP contribution is -2.42. The van der Waals surface area contributed by atoms with E-state index >= 15 is 0 Å². The highest BCUT2D eigenvalue weighted by Gasteiger charge is 2.38. The zero-order valence-corrected chi connectivity index (χ0v) is 9.80. The molecule has 1 aliphatic rings. The molecule has 0 aromatic carbocycles. The molecule has 1 aliphatic carbocycles. The van der Waals surface area contributed by atoms with Gasteiger partial charge in [-0.15, -0.1) is 0 Å². The van der Waals surface area contributed by atoms with Crippen molar-refractivity contribution in [1.29, 1.82) is 0 Å². The fourth-order valence-corrected chi connectivity index (χ4v) is 1.83. The van der Waals surface area contributed by atoms with Gasteiger partial charge in [0.2, 0.25) is 0 Å². The van der Waals surface area contributed by atoms with Crippen LogP contribution in [0.3, 0.4) is 0 Å². The Kier molecular flexibility index (Phi) is 3.71. The number of carbonyl (C=O) groups excluding carboxylic acids is 1. The molecule has 0 amide bonds. The third-order valence-corrected chi connectivity index (χ3v) is 2.89. The minimum absolute atomic E-state index is 0.0668. The maximum atomic E-state index is 12.0. The summed E-state index contributed by atoms with van der Waals surface area (Å²) in [6.45, 7) is 8.80. The molecule has 1 unspecified atom stereocenters. The van der Waals surface area contributed by atoms with Gasteiger partial charge in [0.1, 0.15) is 6.10 Å². The van der Waals surface area contributed by atoms with Crippen molar-refractivity contribution >= 4 is 5.78 Å². The molecule has 0 aliphatic heterocycles. The molecular weight excluding hydrogens is 176 g/mol. The molecule has 1 atom stereocenters. The Hall–Kier alpha value is -0.370. The van der Waals surface area contributed by atoms with Crippen LogP contribution in [0.4, 0.5) is 0 Å². The third-order valence-electron chi connectivity index (χ3n) is 2.89. The SMILES string of the molecule is CCOC(C(=O)C1CCC1)C(C)(C)C. The molecule has 0 saturated heterocycles. The van der Waals surface area contributed by atoms with Crippen molar-refractivity contribution in [3.05, 3.63) is 0 Å². The number of carbonyl (C=O) groups is 1. The second-order valence-corrected chi connectivity index (χ2v) is 5.23. The van der Waals surface area contributed by atoms with E-state index in [0.29, 0.717) is 12.4 Å². The summed E-state index contributed by atoms with van der Waals surface area (Å²) in [5.41, 5.74) is -0.0668. The molecule has 1 rings (SSSR count). The standard InChI is InChI=1S/C12H22O2/c1-5-14-11(12(2,3)4)10(13)9-7-6-8-9/h9,11H,5-8H2,1-4H3. The molecule has 14 heavy (non-hydrogen) atoms. The predicted molar refractivity (Wildman–Crippen MR) is 57.2 cm³/mol. The van der Waals surface area contributed by atoms with Crippen LogP contribution < -0.4 is 0 Å². The first-order chi connectivity index (χ1) is 6.46. The van der Waals surface area contributed by atoms with Crippen LogP contribution in [0.1, 0.15) is 47.0 Å². The van der Waals surface area contributed by atoms with Gasteiger partial charge >= 0.3 is 0 Å². The average Bonchev–Trinajstić information content (AvgIpc) is 1.93. The van der Waals surface area contributed by atoms with E-state index in [0.717, 1.165) is 12.8 Å². The summed E-state index contributed by atoms with van der Waals surface area (Å²) in [7, 11) is 0. The van der Waals surface area contributed by atoms with E-state index in [-0.39, 0.29) is 17.4 Å². The largest absolute Gasteiger partial charge is 0.370 e. The van der Waals surface area contributed by atoms with Gasteiger partial charge in [-0.25, -0.2) is 0 Å². The van der Waals surface area contributed by atoms with E-state index in [4.69, 9.17) is 4.74 Å². The predicted octanol–water partition coefficient (Wildman–Crippen LogP) is 2.81. The van der Waals surface area contributed by atoms with Gasteiger partial charge in [0, 0.05) is 12.5 Å². The highest BCUT2D eigenvalue weighted by Crippen LogP contribution is 2.33. The molecule has 0 N–H and O–H groups in total. The first-order valence-corrected chi connectivity index (χ1v) is 5.62. The van der Waals surface area contributed by atoms with E-state index in [1.165, 1.54) is 6.42 Å². The lowest BCUT2D eigenvalue weighted by Gasteiger charge is -2.34. The molecule has 0 heterocycles. The molecule has 1 saturated carbocycles. The Labute approximate surface area is 87.0 Å². The Balaban J connectivity index is 2.61. The Morgan fingerprint density at radius 3 is 2.29 bits per heavy atom. The molecule has 2 heteroatoms. The smallest absolute Gasteiger partial charge is 0.165 e. The monoisotopic (exact) mass is 198 g/mol. The molecule has 82 valence electrons. The van der Waals surface area contributed by atoms with Crippen molar-refractivity contribution in [2.45, 2.75) is 53.1 Å². The fourth-order valence-electron chi connectivity index (χ4n) is 1.83. The van der Waals surface area contributed by atoms with Gasteiger partial charge < -0.3 is 4.74 Å². The van der Waals surface area contributed by atoms with E-state index in [9.17, 15) is 4.79 Å². The van der Waals surface area contributed by atoms with Crippen molar-refractivity contribution in [2.24, 2.45) is 11.3 Å². The molecule has 1 fully saturated rings. The molecule has 0 radical (unpaired) electrons. The number of hydrogen-bond donors (Lipinski definition) is 0. The van der Waals surface area contributed by atoms with Crippen LogP contribution in [-0.2, 0) is 9.53 Å². The zero-order chi connectivity index (χ0) is 10.8. The number of rotatable bonds is 4. The summed E-state index contributed by atoms with van der Waals surface area (Å²) >= 11 is 0. The average molecular weight is 198 g/mol. The maximum Gasteiger partial charge on any atom is 0.165 e. The van der Waals surface area contributed by atoms with Gasteiger partial charge in [0.05, 0.1) is 0 Å². The first kappa shape index (κ1) is 11.7. The first-order valence-electron chi connectivity index (χ1n) is 5.62. The van der Waals surface area contributed by atoms with Crippen molar-refractivity contribution in [3.8, 4) is 0 Å². The topological polar surface area (TPSA) is 26.3 Å². The van der Waals surface area contributed by atoms with E-state index in [1.807, 2.05) is 6.92 Å². The molecule has 0 aromatic rings. The summed E-state index contributed by atoms with van der Waals surface area (Å²) in [6, 6.07) is 0. The van der Waals surface area contributed by atoms with Crippen LogP contribution in [-0.4, -0.2) is 18.5 Å². The molecule has 0 spiro atoms. The quantitative estimate of drug-likeness (QED) is 0.694. The minimum atomic E-state index is -0.210. The summed E-state index contributed by atoms with van der Waals surface area (Å²) in [5.74, 6) is 0.608. The number of Topliss-reactive ketones (excluding diaryl/α,β-unsaturated/α-hetero) is 1. The van der Waals surface area contributed by atoms with Gasteiger partial charge in [0.15, 0.2) is 5.78 Å². The molecule has 2 nitrogen and oxygen atoms in total. The fraction of sp³-hybridized carbons (Fsp3) is 0.917. The van der Waals surface area contributed by atoms with E-state index < -0.39 is 0 Å². The zero-order valence-electron chi connectivity index (χ0n) is 9.80. The van der Waals surface area contributed by atoms with Crippen LogP contribution >= 0.6 is 0 Å². The number of ketones is 1. The Morgan fingerprint density at radius 2 is 2.00 bits per heavy atom. The van der Waals surface area contributed by atoms with Gasteiger partial charge in [0.25, 0.3) is 0 Å².